The van der Waals surface area contributed by atoms with Gasteiger partial charge in [0, 0.05) is 17.0 Å². The number of aromatic nitrogens is 4. The first-order valence-electron chi connectivity index (χ1n) is 13.2. The molecule has 0 fully saturated rings. The quantitative estimate of drug-likeness (QED) is 0.177. The van der Waals surface area contributed by atoms with Gasteiger partial charge in [-0.25, -0.2) is 26.9 Å². The smallest absolute Gasteiger partial charge is 0.262 e. The lowest BCUT2D eigenvalue weighted by Gasteiger charge is -2.11. The van der Waals surface area contributed by atoms with Gasteiger partial charge in [0.15, 0.2) is 11.6 Å². The molecule has 0 atom stereocenters. The maximum atomic E-state index is 14.0. The minimum atomic E-state index is -4.06. The number of halogens is 2. The number of nitrogens with zero attached hydrogens (tertiary/aromatic N) is 3. The predicted molar refractivity (Wildman–Crippen MR) is 161 cm³/mol. The van der Waals surface area contributed by atoms with Gasteiger partial charge in [-0.15, -0.1) is 0 Å². The first-order valence-corrected chi connectivity index (χ1v) is 14.7. The van der Waals surface area contributed by atoms with Crippen molar-refractivity contribution in [1.29, 1.82) is 0 Å². The Balaban J connectivity index is 1.26. The number of ether oxygens (including phenoxy) is 1. The lowest BCUT2D eigenvalue weighted by molar-refractivity contribution is 0.103. The number of nitrogen functional groups attached to an aromatic ring is 1. The topological polar surface area (TPSA) is 145 Å². The van der Waals surface area contributed by atoms with Gasteiger partial charge in [-0.2, -0.15) is 5.10 Å². The van der Waals surface area contributed by atoms with E-state index in [1.165, 1.54) is 41.3 Å². The average Bonchev–Trinajstić information content (AvgIpc) is 3.57. The minimum absolute atomic E-state index is 0.0308. The molecule has 0 saturated heterocycles. The number of carbonyl (C=O) groups excluding carboxylic acids is 1. The Kier molecular flexibility index (Phi) is 7.09. The number of sulfonamides is 1. The summed E-state index contributed by atoms with van der Waals surface area (Å²) >= 11 is 0. The van der Waals surface area contributed by atoms with Crippen LogP contribution in [-0.4, -0.2) is 33.9 Å². The number of H-pyrrole nitrogens is 1. The van der Waals surface area contributed by atoms with Crippen molar-refractivity contribution >= 4 is 38.2 Å². The summed E-state index contributed by atoms with van der Waals surface area (Å²) < 4.78 is 62.7. The van der Waals surface area contributed by atoms with Crippen LogP contribution in [0.3, 0.4) is 0 Å². The van der Waals surface area contributed by atoms with Crippen molar-refractivity contribution in [3.8, 4) is 17.3 Å². The Morgan fingerprint density at radius 1 is 0.977 bits per heavy atom. The second-order valence-corrected chi connectivity index (χ2v) is 11.7. The Hall–Kier alpha value is -5.56. The van der Waals surface area contributed by atoms with E-state index in [9.17, 15) is 22.0 Å². The number of para-hydroxylation sites is 1. The van der Waals surface area contributed by atoms with Gasteiger partial charge < -0.3 is 15.5 Å². The Bertz CT molecular complexity index is 2190. The van der Waals surface area contributed by atoms with Crippen LogP contribution < -0.4 is 15.2 Å². The monoisotopic (exact) mass is 614 g/mol. The molecule has 6 rings (SSSR count). The number of ketones is 1. The molecule has 0 unspecified atom stereocenters. The third-order valence-corrected chi connectivity index (χ3v) is 8.31. The summed E-state index contributed by atoms with van der Waals surface area (Å²) in [5, 5.41) is 4.95. The van der Waals surface area contributed by atoms with Gasteiger partial charge in [0.1, 0.15) is 11.6 Å². The number of benzene rings is 3. The van der Waals surface area contributed by atoms with Crippen LogP contribution in [0.15, 0.2) is 90.1 Å². The summed E-state index contributed by atoms with van der Waals surface area (Å²) in [6, 6.07) is 17.2. The molecule has 13 heteroatoms. The number of carbonyl (C=O) groups is 1. The number of anilines is 2. The van der Waals surface area contributed by atoms with E-state index in [1.54, 1.807) is 50.2 Å². The number of nitrogens with two attached hydrogens (primary N) is 1. The first kappa shape index (κ1) is 28.6. The zero-order chi connectivity index (χ0) is 31.2. The van der Waals surface area contributed by atoms with E-state index in [1.807, 2.05) is 0 Å². The molecule has 0 aliphatic heterocycles. The molecule has 3 aromatic carbocycles. The highest BCUT2D eigenvalue weighted by Crippen LogP contribution is 2.30. The fraction of sp³-hybridized carbons (Fsp3) is 0.0645. The molecule has 0 radical (unpaired) electrons. The van der Waals surface area contributed by atoms with Crippen molar-refractivity contribution in [2.75, 3.05) is 10.5 Å². The minimum Gasteiger partial charge on any atom is -0.436 e. The van der Waals surface area contributed by atoms with Crippen molar-refractivity contribution in [3.63, 3.8) is 0 Å². The molecular weight excluding hydrogens is 590 g/mol. The molecule has 0 spiro atoms. The third-order valence-electron chi connectivity index (χ3n) is 6.95. The zero-order valence-corrected chi connectivity index (χ0v) is 24.1. The first-order chi connectivity index (χ1) is 21.0. The molecule has 3 heterocycles. The second kappa shape index (κ2) is 10.9. The Morgan fingerprint density at radius 3 is 2.52 bits per heavy atom. The highest BCUT2D eigenvalue weighted by atomic mass is 32.2. The van der Waals surface area contributed by atoms with Gasteiger partial charge in [-0.05, 0) is 73.5 Å². The molecular formula is C31H24F2N6O4S. The lowest BCUT2D eigenvalue weighted by Crippen LogP contribution is -2.14. The van der Waals surface area contributed by atoms with Crippen molar-refractivity contribution in [3.05, 3.63) is 119 Å². The normalized spacial score (nSPS) is 11.5. The van der Waals surface area contributed by atoms with Gasteiger partial charge in [0.05, 0.1) is 39.9 Å². The maximum absolute atomic E-state index is 14.0. The summed E-state index contributed by atoms with van der Waals surface area (Å²) in [4.78, 5) is 20.5. The summed E-state index contributed by atoms with van der Waals surface area (Å²) in [6.07, 6.45) is 2.80. The van der Waals surface area contributed by atoms with Crippen molar-refractivity contribution in [1.82, 2.24) is 19.7 Å². The van der Waals surface area contributed by atoms with E-state index in [0.29, 0.717) is 27.7 Å². The van der Waals surface area contributed by atoms with E-state index in [0.717, 1.165) is 12.1 Å². The second-order valence-electron chi connectivity index (χ2n) is 10.0. The fourth-order valence-corrected chi connectivity index (χ4v) is 5.83. The number of hydrogen-bond donors (Lipinski definition) is 3. The Morgan fingerprint density at radius 2 is 1.77 bits per heavy atom. The number of nitrogens with one attached hydrogen (secondary N) is 2. The molecule has 6 aromatic rings. The number of aromatic amines is 1. The van der Waals surface area contributed by atoms with Crippen LogP contribution in [0.25, 0.3) is 16.6 Å². The SMILES string of the molecule is Cc1cc2cc(C(=O)c3cnn(-c4cnc(Oc5ccccc5F)cc4C)c3N)[nH]c2cc1NS(=O)(=O)c1cccc(F)c1. The number of aryl methyl sites for hydroxylation is 2. The molecule has 4 N–H and O–H groups in total. The molecule has 44 heavy (non-hydrogen) atoms. The number of rotatable bonds is 8. The average molecular weight is 615 g/mol. The van der Waals surface area contributed by atoms with E-state index in [4.69, 9.17) is 10.5 Å². The van der Waals surface area contributed by atoms with Crippen LogP contribution >= 0.6 is 0 Å². The van der Waals surface area contributed by atoms with E-state index in [2.05, 4.69) is 19.8 Å². The summed E-state index contributed by atoms with van der Waals surface area (Å²) in [5.41, 5.74) is 9.19. The van der Waals surface area contributed by atoms with Crippen LogP contribution in [-0.2, 0) is 10.0 Å². The van der Waals surface area contributed by atoms with Crippen molar-refractivity contribution in [2.24, 2.45) is 0 Å². The standard InChI is InChI=1S/C31H24F2N6O4S/c1-17-10-19-12-26(37-25(19)14-24(17)38-44(41,42)21-7-5-6-20(32)13-21)30(40)22-15-36-39(31(22)34)27-16-35-29(11-18(27)2)43-28-9-4-3-8-23(28)33/h3-16,37-38H,34H2,1-2H3. The third kappa shape index (κ3) is 5.36. The number of fused-ring (bicyclic) bond motifs is 1. The summed E-state index contributed by atoms with van der Waals surface area (Å²) in [6.45, 7) is 3.48. The molecule has 3 aromatic heterocycles. The van der Waals surface area contributed by atoms with Crippen LogP contribution in [0.5, 0.6) is 11.6 Å². The van der Waals surface area contributed by atoms with E-state index < -0.39 is 27.4 Å². The van der Waals surface area contributed by atoms with Gasteiger partial charge in [0.2, 0.25) is 11.7 Å². The van der Waals surface area contributed by atoms with E-state index in [-0.39, 0.29) is 39.3 Å². The fourth-order valence-electron chi connectivity index (χ4n) is 4.68. The van der Waals surface area contributed by atoms with Gasteiger partial charge in [0.25, 0.3) is 10.0 Å². The van der Waals surface area contributed by atoms with Gasteiger partial charge >= 0.3 is 0 Å². The summed E-state index contributed by atoms with van der Waals surface area (Å²) in [7, 11) is -4.06. The lowest BCUT2D eigenvalue weighted by atomic mass is 10.1. The molecule has 0 amide bonds. The number of hydrogen-bond acceptors (Lipinski definition) is 7. The number of pyridine rings is 1. The van der Waals surface area contributed by atoms with Crippen LogP contribution in [0.1, 0.15) is 27.2 Å². The maximum Gasteiger partial charge on any atom is 0.262 e. The molecule has 10 nitrogen and oxygen atoms in total. The molecule has 0 aliphatic rings. The molecule has 0 aliphatic carbocycles. The highest BCUT2D eigenvalue weighted by molar-refractivity contribution is 7.92. The van der Waals surface area contributed by atoms with Crippen LogP contribution in [0.2, 0.25) is 0 Å². The van der Waals surface area contributed by atoms with Crippen molar-refractivity contribution < 1.29 is 26.7 Å². The summed E-state index contributed by atoms with van der Waals surface area (Å²) in [5.74, 6) is -1.36. The highest BCUT2D eigenvalue weighted by Gasteiger charge is 2.22. The van der Waals surface area contributed by atoms with Crippen LogP contribution in [0.4, 0.5) is 20.3 Å². The van der Waals surface area contributed by atoms with Crippen LogP contribution in [0, 0.1) is 25.5 Å². The molecule has 0 bridgehead atoms. The van der Waals surface area contributed by atoms with E-state index >= 15 is 0 Å². The molecule has 0 saturated carbocycles. The van der Waals surface area contributed by atoms with Crippen molar-refractivity contribution in [2.45, 2.75) is 18.7 Å². The zero-order valence-electron chi connectivity index (χ0n) is 23.3. The predicted octanol–water partition coefficient (Wildman–Crippen LogP) is 6.05. The molecule has 222 valence electrons. The largest absolute Gasteiger partial charge is 0.436 e. The van der Waals surface area contributed by atoms with Gasteiger partial charge in [-0.3, -0.25) is 9.52 Å². The Labute approximate surface area is 250 Å². The van der Waals surface area contributed by atoms with Gasteiger partial charge in [-0.1, -0.05) is 18.2 Å².